The average molecular weight is 444 g/mol. The summed E-state index contributed by atoms with van der Waals surface area (Å²) >= 11 is 7.31. The Morgan fingerprint density at radius 3 is 2.80 bits per heavy atom. The van der Waals surface area contributed by atoms with Crippen LogP contribution in [0.4, 0.5) is 21.3 Å². The summed E-state index contributed by atoms with van der Waals surface area (Å²) in [7, 11) is 0. The van der Waals surface area contributed by atoms with Crippen molar-refractivity contribution in [1.29, 1.82) is 0 Å². The maximum Gasteiger partial charge on any atom is 0.326 e. The quantitative estimate of drug-likeness (QED) is 0.603. The molecule has 1 aliphatic heterocycles. The van der Waals surface area contributed by atoms with Crippen LogP contribution in [0.1, 0.15) is 19.3 Å². The lowest BCUT2D eigenvalue weighted by Gasteiger charge is -2.30. The van der Waals surface area contributed by atoms with Crippen LogP contribution < -0.4 is 16.0 Å². The Morgan fingerprint density at radius 2 is 2.03 bits per heavy atom. The Bertz CT molecular complexity index is 1070. The first-order chi connectivity index (χ1) is 14.5. The number of fused-ring (bicyclic) bond motifs is 1. The molecule has 3 amide bonds. The fourth-order valence-corrected chi connectivity index (χ4v) is 4.38. The summed E-state index contributed by atoms with van der Waals surface area (Å²) in [6, 6.07) is 12.3. The van der Waals surface area contributed by atoms with Crippen molar-refractivity contribution in [3.63, 3.8) is 0 Å². The Kier molecular flexibility index (Phi) is 6.06. The number of nitrogens with one attached hydrogen (secondary N) is 1. The third-order valence-electron chi connectivity index (χ3n) is 5.06. The number of halogens is 1. The van der Waals surface area contributed by atoms with Crippen molar-refractivity contribution >= 4 is 61.6 Å². The van der Waals surface area contributed by atoms with Crippen LogP contribution in [0.25, 0.3) is 10.2 Å². The fourth-order valence-electron chi connectivity index (χ4n) is 3.49. The molecule has 30 heavy (non-hydrogen) atoms. The van der Waals surface area contributed by atoms with Gasteiger partial charge in [0.2, 0.25) is 5.91 Å². The number of hydrogen-bond donors (Lipinski definition) is 2. The van der Waals surface area contributed by atoms with Gasteiger partial charge in [0.15, 0.2) is 5.13 Å². The summed E-state index contributed by atoms with van der Waals surface area (Å²) in [6.45, 7) is 1.59. The van der Waals surface area contributed by atoms with E-state index >= 15 is 0 Å². The van der Waals surface area contributed by atoms with E-state index in [1.807, 2.05) is 23.1 Å². The van der Waals surface area contributed by atoms with Crippen LogP contribution in [0.2, 0.25) is 5.02 Å². The summed E-state index contributed by atoms with van der Waals surface area (Å²) in [4.78, 5) is 33.1. The predicted octanol–water partition coefficient (Wildman–Crippen LogP) is 4.58. The molecule has 2 aromatic carbocycles. The molecule has 1 saturated heterocycles. The third-order valence-corrected chi connectivity index (χ3v) is 6.16. The molecule has 1 fully saturated rings. The Morgan fingerprint density at radius 1 is 1.23 bits per heavy atom. The number of carbonyl (C=O) groups is 2. The van der Waals surface area contributed by atoms with E-state index < -0.39 is 0 Å². The largest absolute Gasteiger partial charge is 0.375 e. The molecule has 2 heterocycles. The van der Waals surface area contributed by atoms with Crippen molar-refractivity contribution in [2.24, 2.45) is 0 Å². The molecule has 1 aromatic heterocycles. The van der Waals surface area contributed by atoms with Gasteiger partial charge in [-0.15, -0.1) is 0 Å². The predicted molar refractivity (Wildman–Crippen MR) is 122 cm³/mol. The second-order valence-electron chi connectivity index (χ2n) is 7.13. The summed E-state index contributed by atoms with van der Waals surface area (Å²) in [5.41, 5.74) is 7.99. The highest BCUT2D eigenvalue weighted by Gasteiger charge is 2.22. The summed E-state index contributed by atoms with van der Waals surface area (Å²) in [6.07, 6.45) is 2.50. The van der Waals surface area contributed by atoms with Gasteiger partial charge in [0.05, 0.1) is 10.2 Å². The summed E-state index contributed by atoms with van der Waals surface area (Å²) in [5, 5.41) is 3.99. The number of benzene rings is 2. The molecule has 7 nitrogen and oxygen atoms in total. The third kappa shape index (κ3) is 4.66. The zero-order chi connectivity index (χ0) is 21.1. The number of aromatic nitrogens is 1. The molecule has 0 radical (unpaired) electrons. The Hall–Kier alpha value is -2.84. The van der Waals surface area contributed by atoms with Gasteiger partial charge in [-0.3, -0.25) is 9.69 Å². The number of thiazole rings is 1. The molecule has 0 aliphatic carbocycles. The van der Waals surface area contributed by atoms with Gasteiger partial charge in [-0.1, -0.05) is 22.9 Å². The number of nitrogens with zero attached hydrogens (tertiary/aromatic N) is 3. The molecule has 0 bridgehead atoms. The molecular weight excluding hydrogens is 422 g/mol. The molecule has 1 aliphatic rings. The number of likely N-dealkylation sites (tertiary alicyclic amines) is 1. The molecule has 156 valence electrons. The number of piperidine rings is 1. The Balaban J connectivity index is 1.57. The number of anilines is 3. The molecule has 4 rings (SSSR count). The first-order valence-corrected chi connectivity index (χ1v) is 11.0. The number of amides is 3. The van der Waals surface area contributed by atoms with Crippen LogP contribution in [0, 0.1) is 0 Å². The minimum atomic E-state index is -0.279. The molecular formula is C21H22ClN5O2S. The fraction of sp³-hybridized carbons (Fsp3) is 0.286. The van der Waals surface area contributed by atoms with E-state index in [1.54, 1.807) is 29.2 Å². The molecule has 9 heteroatoms. The van der Waals surface area contributed by atoms with Crippen molar-refractivity contribution in [1.82, 2.24) is 9.88 Å². The molecule has 0 unspecified atom stereocenters. The van der Waals surface area contributed by atoms with Crippen molar-refractivity contribution in [3.05, 3.63) is 47.5 Å². The molecule has 0 atom stereocenters. The maximum absolute atomic E-state index is 13.1. The van der Waals surface area contributed by atoms with Crippen LogP contribution in [0.15, 0.2) is 42.5 Å². The first-order valence-electron chi connectivity index (χ1n) is 9.77. The number of urea groups is 1. The second kappa shape index (κ2) is 8.89. The summed E-state index contributed by atoms with van der Waals surface area (Å²) in [5.74, 6) is 0.144. The highest BCUT2D eigenvalue weighted by atomic mass is 35.5. The van der Waals surface area contributed by atoms with Crippen LogP contribution in [-0.4, -0.2) is 41.5 Å². The van der Waals surface area contributed by atoms with E-state index in [-0.39, 0.29) is 11.9 Å². The van der Waals surface area contributed by atoms with Crippen LogP contribution in [0.3, 0.4) is 0 Å². The van der Waals surface area contributed by atoms with Crippen LogP contribution in [0.5, 0.6) is 0 Å². The van der Waals surface area contributed by atoms with Crippen molar-refractivity contribution < 1.29 is 9.59 Å². The van der Waals surface area contributed by atoms with Gasteiger partial charge in [-0.2, -0.15) is 0 Å². The highest BCUT2D eigenvalue weighted by Crippen LogP contribution is 2.29. The normalized spacial score (nSPS) is 14.2. The van der Waals surface area contributed by atoms with Gasteiger partial charge in [0.25, 0.3) is 0 Å². The lowest BCUT2D eigenvalue weighted by molar-refractivity contribution is -0.133. The maximum atomic E-state index is 13.1. The van der Waals surface area contributed by atoms with Gasteiger partial charge in [0, 0.05) is 42.5 Å². The average Bonchev–Trinajstić information content (AvgIpc) is 3.10. The second-order valence-corrected chi connectivity index (χ2v) is 8.63. The zero-order valence-electron chi connectivity index (χ0n) is 16.3. The number of nitrogens with two attached hydrogens (primary N) is 1. The zero-order valence-corrected chi connectivity index (χ0v) is 17.9. The van der Waals surface area contributed by atoms with E-state index in [9.17, 15) is 9.59 Å². The highest BCUT2D eigenvalue weighted by molar-refractivity contribution is 7.22. The monoisotopic (exact) mass is 443 g/mol. The Labute approximate surface area is 183 Å². The van der Waals surface area contributed by atoms with Crippen molar-refractivity contribution in [3.8, 4) is 0 Å². The molecule has 0 saturated carbocycles. The molecule has 3 aromatic rings. The van der Waals surface area contributed by atoms with Gasteiger partial charge in [-0.25, -0.2) is 9.78 Å². The van der Waals surface area contributed by atoms with Gasteiger partial charge >= 0.3 is 6.03 Å². The van der Waals surface area contributed by atoms with E-state index in [0.29, 0.717) is 35.4 Å². The smallest absolute Gasteiger partial charge is 0.326 e. The topological polar surface area (TPSA) is 91.6 Å². The minimum absolute atomic E-state index is 0.144. The number of nitrogen functional groups attached to an aromatic ring is 1. The van der Waals surface area contributed by atoms with E-state index in [2.05, 4.69) is 10.3 Å². The van der Waals surface area contributed by atoms with Gasteiger partial charge < -0.3 is 16.0 Å². The summed E-state index contributed by atoms with van der Waals surface area (Å²) < 4.78 is 0.906. The lowest BCUT2D eigenvalue weighted by Crippen LogP contribution is -2.44. The molecule has 3 N–H and O–H groups in total. The minimum Gasteiger partial charge on any atom is -0.375 e. The van der Waals surface area contributed by atoms with Crippen LogP contribution in [-0.2, 0) is 4.79 Å². The van der Waals surface area contributed by atoms with Gasteiger partial charge in [-0.05, 0) is 55.3 Å². The van der Waals surface area contributed by atoms with Crippen molar-refractivity contribution in [2.75, 3.05) is 35.6 Å². The lowest BCUT2D eigenvalue weighted by atomic mass is 10.1. The number of hydrogen-bond acceptors (Lipinski definition) is 5. The van der Waals surface area contributed by atoms with E-state index in [0.717, 1.165) is 35.3 Å². The van der Waals surface area contributed by atoms with E-state index in [1.165, 1.54) is 11.3 Å². The van der Waals surface area contributed by atoms with E-state index in [4.69, 9.17) is 17.3 Å². The van der Waals surface area contributed by atoms with Gasteiger partial charge in [0.1, 0.15) is 0 Å². The molecule has 0 spiro atoms. The number of rotatable bonds is 5. The standard InChI is InChI=1S/C21H22ClN5O2S/c22-14-4-6-15(7-5-14)24-21(29)27(12-11-26-10-2-1-3-19(26)28)16-8-9-17-18(13-16)30-20(23)25-17/h4-9,13H,1-3,10-12H2,(H2,23,25)(H,24,29). The van der Waals surface area contributed by atoms with Crippen molar-refractivity contribution in [2.45, 2.75) is 19.3 Å². The van der Waals surface area contributed by atoms with Crippen LogP contribution >= 0.6 is 22.9 Å². The SMILES string of the molecule is Nc1nc2ccc(N(CCN3CCCCC3=O)C(=O)Nc3ccc(Cl)cc3)cc2s1. The number of carbonyl (C=O) groups excluding carboxylic acids is 2. The first kappa shape index (κ1) is 20.4.